The lowest BCUT2D eigenvalue weighted by Gasteiger charge is -2.32. The Labute approximate surface area is 172 Å². The van der Waals surface area contributed by atoms with Crippen molar-refractivity contribution in [1.82, 2.24) is 5.32 Å². The summed E-state index contributed by atoms with van der Waals surface area (Å²) in [5.74, 6) is -0.589. The van der Waals surface area contributed by atoms with E-state index in [1.165, 1.54) is 12.1 Å². The van der Waals surface area contributed by atoms with E-state index in [4.69, 9.17) is 19.3 Å². The molecule has 0 unspecified atom stereocenters. The molecular weight excluding hydrogens is 374 g/mol. The van der Waals surface area contributed by atoms with Crippen molar-refractivity contribution >= 4 is 19.3 Å². The van der Waals surface area contributed by atoms with Gasteiger partial charge in [-0.3, -0.25) is 0 Å². The number of benzene rings is 1. The second-order valence-corrected chi connectivity index (χ2v) is 9.01. The Morgan fingerprint density at radius 3 is 2.38 bits per heavy atom. The summed E-state index contributed by atoms with van der Waals surface area (Å²) < 4.78 is 31.1. The van der Waals surface area contributed by atoms with Gasteiger partial charge in [-0.2, -0.15) is 5.26 Å². The van der Waals surface area contributed by atoms with Crippen molar-refractivity contribution in [2.45, 2.75) is 65.3 Å². The van der Waals surface area contributed by atoms with Crippen LogP contribution >= 0.6 is 0 Å². The van der Waals surface area contributed by atoms with Crippen LogP contribution in [0.2, 0.25) is 0 Å². The highest BCUT2D eigenvalue weighted by Gasteiger charge is 2.52. The Kier molecular flexibility index (Phi) is 6.46. The van der Waals surface area contributed by atoms with Gasteiger partial charge in [0, 0.05) is 6.54 Å². The number of ether oxygens (including phenoxy) is 1. The van der Waals surface area contributed by atoms with E-state index >= 15 is 0 Å². The number of nitriles is 1. The highest BCUT2D eigenvalue weighted by molar-refractivity contribution is 6.56. The van der Waals surface area contributed by atoms with Crippen LogP contribution in [-0.4, -0.2) is 36.6 Å². The topological polar surface area (TPSA) is 80.6 Å². The highest BCUT2D eigenvalue weighted by Crippen LogP contribution is 2.38. The minimum atomic E-state index is -0.717. The molecule has 0 saturated carbocycles. The van der Waals surface area contributed by atoms with Gasteiger partial charge in [0.15, 0.2) is 0 Å². The molecular formula is C21H28BFN2O4. The first-order valence-electron chi connectivity index (χ1n) is 9.47. The summed E-state index contributed by atoms with van der Waals surface area (Å²) in [4.78, 5) is 12.1. The molecule has 1 aliphatic heterocycles. The summed E-state index contributed by atoms with van der Waals surface area (Å²) in [7, 11) is -0.717. The number of nitrogens with one attached hydrogen (secondary N) is 1. The fourth-order valence-electron chi connectivity index (χ4n) is 2.62. The van der Waals surface area contributed by atoms with Crippen molar-refractivity contribution in [2.75, 3.05) is 6.54 Å². The van der Waals surface area contributed by atoms with E-state index in [0.29, 0.717) is 11.0 Å². The van der Waals surface area contributed by atoms with Gasteiger partial charge in [0.2, 0.25) is 0 Å². The molecule has 1 aromatic rings. The van der Waals surface area contributed by atoms with Gasteiger partial charge in [-0.25, -0.2) is 9.18 Å². The van der Waals surface area contributed by atoms with Crippen molar-refractivity contribution in [3.63, 3.8) is 0 Å². The number of carbonyl (C=O) groups is 1. The third kappa shape index (κ3) is 5.81. The summed E-state index contributed by atoms with van der Waals surface area (Å²) >= 11 is 0. The number of rotatable bonds is 4. The van der Waals surface area contributed by atoms with E-state index in [9.17, 15) is 9.18 Å². The fourth-order valence-corrected chi connectivity index (χ4v) is 2.62. The molecule has 1 fully saturated rings. The molecule has 1 heterocycles. The van der Waals surface area contributed by atoms with E-state index in [1.807, 2.05) is 33.8 Å². The maximum absolute atomic E-state index is 13.7. The molecule has 1 N–H and O–H groups in total. The average molecular weight is 402 g/mol. The molecule has 2 rings (SSSR count). The van der Waals surface area contributed by atoms with Gasteiger partial charge in [-0.1, -0.05) is 12.1 Å². The molecule has 1 amide bonds. The third-order valence-electron chi connectivity index (χ3n) is 4.85. The van der Waals surface area contributed by atoms with Gasteiger partial charge < -0.3 is 19.4 Å². The van der Waals surface area contributed by atoms with Gasteiger partial charge in [-0.05, 0) is 71.6 Å². The van der Waals surface area contributed by atoms with Gasteiger partial charge in [-0.15, -0.1) is 0 Å². The van der Waals surface area contributed by atoms with Crippen LogP contribution in [0.1, 0.15) is 59.6 Å². The second kappa shape index (κ2) is 8.17. The van der Waals surface area contributed by atoms with Crippen molar-refractivity contribution in [3.05, 3.63) is 40.6 Å². The molecule has 0 spiro atoms. The van der Waals surface area contributed by atoms with E-state index < -0.39 is 35.8 Å². The smallest absolute Gasteiger partial charge is 0.444 e. The number of hydrogen-bond donors (Lipinski definition) is 1. The first-order chi connectivity index (χ1) is 13.2. The predicted octanol–water partition coefficient (Wildman–Crippen LogP) is 4.24. The van der Waals surface area contributed by atoms with Crippen LogP contribution < -0.4 is 5.32 Å². The van der Waals surface area contributed by atoms with Crippen molar-refractivity contribution < 1.29 is 23.2 Å². The van der Waals surface area contributed by atoms with Crippen LogP contribution in [0.4, 0.5) is 9.18 Å². The molecule has 0 aliphatic carbocycles. The van der Waals surface area contributed by atoms with Crippen molar-refractivity contribution in [3.8, 4) is 6.07 Å². The Bertz CT molecular complexity index is 837. The quantitative estimate of drug-likeness (QED) is 0.763. The fraction of sp³-hybridized carbons (Fsp3) is 0.524. The highest BCUT2D eigenvalue weighted by atomic mass is 19.1. The predicted molar refractivity (Wildman–Crippen MR) is 109 cm³/mol. The van der Waals surface area contributed by atoms with Crippen molar-refractivity contribution in [2.24, 2.45) is 0 Å². The molecule has 0 bridgehead atoms. The zero-order valence-electron chi connectivity index (χ0n) is 18.1. The normalized spacial score (nSPS) is 18.3. The molecule has 6 nitrogen and oxygen atoms in total. The Morgan fingerprint density at radius 2 is 1.86 bits per heavy atom. The lowest BCUT2D eigenvalue weighted by atomic mass is 9.77. The zero-order chi connectivity index (χ0) is 22.0. The first-order valence-corrected chi connectivity index (χ1v) is 9.47. The molecule has 1 aliphatic rings. The molecule has 156 valence electrons. The molecule has 0 atom stereocenters. The maximum atomic E-state index is 13.7. The molecule has 0 aromatic heterocycles. The monoisotopic (exact) mass is 402 g/mol. The molecule has 1 aromatic carbocycles. The number of nitrogens with zero attached hydrogens (tertiary/aromatic N) is 1. The average Bonchev–Trinajstić information content (AvgIpc) is 2.79. The van der Waals surface area contributed by atoms with E-state index in [0.717, 1.165) is 0 Å². The minimum Gasteiger partial charge on any atom is -0.444 e. The van der Waals surface area contributed by atoms with Crippen LogP contribution in [0.25, 0.3) is 6.08 Å². The van der Waals surface area contributed by atoms with E-state index in [1.54, 1.807) is 32.9 Å². The summed E-state index contributed by atoms with van der Waals surface area (Å²) in [5, 5.41) is 11.8. The molecule has 8 heteroatoms. The van der Waals surface area contributed by atoms with Gasteiger partial charge in [0.05, 0.1) is 16.8 Å². The van der Waals surface area contributed by atoms with Gasteiger partial charge in [0.25, 0.3) is 0 Å². The van der Waals surface area contributed by atoms with Gasteiger partial charge >= 0.3 is 13.2 Å². The number of amides is 1. The Hall–Kier alpha value is -2.37. The lowest BCUT2D eigenvalue weighted by Crippen LogP contribution is -2.41. The van der Waals surface area contributed by atoms with E-state index in [-0.39, 0.29) is 12.1 Å². The molecule has 0 radical (unpaired) electrons. The third-order valence-corrected chi connectivity index (χ3v) is 4.85. The second-order valence-electron chi connectivity index (χ2n) is 9.01. The summed E-state index contributed by atoms with van der Waals surface area (Å²) in [6.45, 7) is 13.1. The largest absolute Gasteiger partial charge is 0.492 e. The van der Waals surface area contributed by atoms with Crippen LogP contribution in [0.5, 0.6) is 0 Å². The minimum absolute atomic E-state index is 0.0629. The van der Waals surface area contributed by atoms with Gasteiger partial charge in [0.1, 0.15) is 17.5 Å². The van der Waals surface area contributed by atoms with Crippen molar-refractivity contribution in [1.29, 1.82) is 5.26 Å². The van der Waals surface area contributed by atoms with Crippen LogP contribution in [-0.2, 0) is 14.0 Å². The molecule has 29 heavy (non-hydrogen) atoms. The SMILES string of the molecule is CC(C)(C)OC(=O)NCC(=Cc1ccc(F)c(C#N)c1)B1OC(C)(C)C(C)(C)O1. The summed E-state index contributed by atoms with van der Waals surface area (Å²) in [5.41, 5.74) is -0.612. The van der Waals surface area contributed by atoms with Crippen LogP contribution in [0.3, 0.4) is 0 Å². The number of carbonyl (C=O) groups excluding carboxylic acids is 1. The first kappa shape index (κ1) is 22.9. The summed E-state index contributed by atoms with van der Waals surface area (Å²) in [6.07, 6.45) is 1.15. The Balaban J connectivity index is 2.31. The molecule has 1 saturated heterocycles. The van der Waals surface area contributed by atoms with Crippen LogP contribution in [0.15, 0.2) is 23.7 Å². The number of halogens is 1. The van der Waals surface area contributed by atoms with Crippen LogP contribution in [0, 0.1) is 17.1 Å². The Morgan fingerprint density at radius 1 is 1.28 bits per heavy atom. The lowest BCUT2D eigenvalue weighted by molar-refractivity contribution is 0.00578. The zero-order valence-corrected chi connectivity index (χ0v) is 18.1. The number of alkyl carbamates (subject to hydrolysis) is 1. The maximum Gasteiger partial charge on any atom is 0.492 e. The van der Waals surface area contributed by atoms with E-state index in [2.05, 4.69) is 5.32 Å². The number of hydrogen-bond acceptors (Lipinski definition) is 5. The summed E-state index contributed by atoms with van der Waals surface area (Å²) in [6, 6.07) is 6.04. The standard InChI is InChI=1S/C21H28BFN2O4/c1-19(2,3)27-18(26)25-13-16(22-28-20(4,5)21(6,7)29-22)11-14-8-9-17(23)15(10-14)12-24/h8-11H,13H2,1-7H3,(H,25,26).